The summed E-state index contributed by atoms with van der Waals surface area (Å²) >= 11 is 10.5. The molecule has 0 radical (unpaired) electrons. The fourth-order valence-electron chi connectivity index (χ4n) is 1.45. The molecule has 1 heterocycles. The minimum absolute atomic E-state index is 0.0114. The van der Waals surface area contributed by atoms with Crippen LogP contribution in [-0.2, 0) is 0 Å². The van der Waals surface area contributed by atoms with E-state index in [0.717, 1.165) is 0 Å². The molecular weight excluding hydrogens is 301 g/mol. The van der Waals surface area contributed by atoms with Crippen LogP contribution in [0.3, 0.4) is 0 Å². The number of aromatic nitrogens is 1. The van der Waals surface area contributed by atoms with Crippen LogP contribution in [0, 0.1) is 5.82 Å². The standard InChI is InChI=1S/C13H9ClFN3OS/c14-8-2-3-9(15)11(5-8)18-13(19)10-4-1-7(6-17-10)12(16)20/h1-6H,(H2,16,20)(H,18,19). The van der Waals surface area contributed by atoms with E-state index >= 15 is 0 Å². The van der Waals surface area contributed by atoms with Crippen LogP contribution in [-0.4, -0.2) is 15.9 Å². The summed E-state index contributed by atoms with van der Waals surface area (Å²) < 4.78 is 13.5. The SMILES string of the molecule is NC(=S)c1ccc(C(=O)Nc2cc(Cl)ccc2F)nc1. The molecule has 0 spiro atoms. The average molecular weight is 310 g/mol. The molecule has 1 amide bonds. The summed E-state index contributed by atoms with van der Waals surface area (Å²) in [6.45, 7) is 0. The summed E-state index contributed by atoms with van der Waals surface area (Å²) in [5, 5.41) is 2.71. The molecule has 0 saturated heterocycles. The molecule has 102 valence electrons. The van der Waals surface area contributed by atoms with Crippen LogP contribution in [0.1, 0.15) is 16.1 Å². The molecule has 0 bridgehead atoms. The van der Waals surface area contributed by atoms with Crippen molar-refractivity contribution in [2.24, 2.45) is 5.73 Å². The summed E-state index contributed by atoms with van der Waals surface area (Å²) in [7, 11) is 0. The smallest absolute Gasteiger partial charge is 0.274 e. The van der Waals surface area contributed by atoms with Gasteiger partial charge in [-0.15, -0.1) is 0 Å². The number of amides is 1. The minimum Gasteiger partial charge on any atom is -0.389 e. The molecule has 20 heavy (non-hydrogen) atoms. The number of carbonyl (C=O) groups is 1. The third-order valence-electron chi connectivity index (χ3n) is 2.46. The van der Waals surface area contributed by atoms with Crippen LogP contribution in [0.4, 0.5) is 10.1 Å². The second kappa shape index (κ2) is 5.94. The number of nitrogens with zero attached hydrogens (tertiary/aromatic N) is 1. The lowest BCUT2D eigenvalue weighted by Gasteiger charge is -2.06. The first-order chi connectivity index (χ1) is 9.47. The predicted octanol–water partition coefficient (Wildman–Crippen LogP) is 2.76. The van der Waals surface area contributed by atoms with Crippen molar-refractivity contribution < 1.29 is 9.18 Å². The van der Waals surface area contributed by atoms with Crippen molar-refractivity contribution in [1.82, 2.24) is 4.98 Å². The van der Waals surface area contributed by atoms with Gasteiger partial charge < -0.3 is 11.1 Å². The van der Waals surface area contributed by atoms with Crippen LogP contribution < -0.4 is 11.1 Å². The quantitative estimate of drug-likeness (QED) is 0.856. The fourth-order valence-corrected chi connectivity index (χ4v) is 1.75. The first-order valence-electron chi connectivity index (χ1n) is 5.49. The lowest BCUT2D eigenvalue weighted by molar-refractivity contribution is 0.102. The van der Waals surface area contributed by atoms with Crippen molar-refractivity contribution >= 4 is 40.4 Å². The van der Waals surface area contributed by atoms with Gasteiger partial charge in [0.2, 0.25) is 0 Å². The number of halogens is 2. The number of nitrogens with two attached hydrogens (primary N) is 1. The van der Waals surface area contributed by atoms with Gasteiger partial charge in [-0.2, -0.15) is 0 Å². The van der Waals surface area contributed by atoms with Gasteiger partial charge in [0.05, 0.1) is 5.69 Å². The molecule has 0 aliphatic heterocycles. The van der Waals surface area contributed by atoms with E-state index in [1.54, 1.807) is 6.07 Å². The average Bonchev–Trinajstić information content (AvgIpc) is 2.43. The Balaban J connectivity index is 2.19. The second-order valence-corrected chi connectivity index (χ2v) is 4.75. The van der Waals surface area contributed by atoms with E-state index in [4.69, 9.17) is 29.6 Å². The van der Waals surface area contributed by atoms with Gasteiger partial charge in [-0.25, -0.2) is 4.39 Å². The zero-order chi connectivity index (χ0) is 14.7. The van der Waals surface area contributed by atoms with Crippen LogP contribution in [0.5, 0.6) is 0 Å². The molecule has 4 nitrogen and oxygen atoms in total. The molecular formula is C13H9ClFN3OS. The molecule has 0 unspecified atom stereocenters. The Labute approximate surface area is 124 Å². The van der Waals surface area contributed by atoms with Gasteiger partial charge in [0.25, 0.3) is 5.91 Å². The monoisotopic (exact) mass is 309 g/mol. The van der Waals surface area contributed by atoms with Crippen molar-refractivity contribution in [3.63, 3.8) is 0 Å². The highest BCUT2D eigenvalue weighted by Gasteiger charge is 2.11. The number of carbonyl (C=O) groups excluding carboxylic acids is 1. The number of hydrogen-bond donors (Lipinski definition) is 2. The summed E-state index contributed by atoms with van der Waals surface area (Å²) in [6.07, 6.45) is 1.38. The summed E-state index contributed by atoms with van der Waals surface area (Å²) in [5.74, 6) is -1.14. The van der Waals surface area contributed by atoms with Gasteiger partial charge in [-0.1, -0.05) is 23.8 Å². The Morgan fingerprint density at radius 1 is 1.35 bits per heavy atom. The molecule has 7 heteroatoms. The maximum absolute atomic E-state index is 13.5. The Kier molecular flexibility index (Phi) is 4.26. The number of nitrogens with one attached hydrogen (secondary N) is 1. The van der Waals surface area contributed by atoms with Crippen LogP contribution >= 0.6 is 23.8 Å². The largest absolute Gasteiger partial charge is 0.389 e. The van der Waals surface area contributed by atoms with Crippen LogP contribution in [0.15, 0.2) is 36.5 Å². The summed E-state index contributed by atoms with van der Waals surface area (Å²) in [6, 6.07) is 6.89. The van der Waals surface area contributed by atoms with Crippen molar-refractivity contribution in [3.8, 4) is 0 Å². The molecule has 0 aliphatic rings. The third kappa shape index (κ3) is 3.28. The van der Waals surface area contributed by atoms with E-state index in [9.17, 15) is 9.18 Å². The number of pyridine rings is 1. The molecule has 2 aromatic rings. The van der Waals surface area contributed by atoms with Gasteiger partial charge >= 0.3 is 0 Å². The van der Waals surface area contributed by atoms with E-state index in [2.05, 4.69) is 10.3 Å². The highest BCUT2D eigenvalue weighted by molar-refractivity contribution is 7.80. The number of benzene rings is 1. The first-order valence-corrected chi connectivity index (χ1v) is 6.28. The molecule has 0 fully saturated rings. The topological polar surface area (TPSA) is 68.0 Å². The maximum atomic E-state index is 13.5. The Morgan fingerprint density at radius 3 is 2.70 bits per heavy atom. The van der Waals surface area contributed by atoms with E-state index in [1.165, 1.54) is 30.5 Å². The van der Waals surface area contributed by atoms with Crippen LogP contribution in [0.2, 0.25) is 5.02 Å². The summed E-state index contributed by atoms with van der Waals surface area (Å²) in [4.78, 5) is 16.0. The van der Waals surface area contributed by atoms with E-state index in [0.29, 0.717) is 10.6 Å². The summed E-state index contributed by atoms with van der Waals surface area (Å²) in [5.41, 5.74) is 6.08. The maximum Gasteiger partial charge on any atom is 0.274 e. The van der Waals surface area contributed by atoms with E-state index in [-0.39, 0.29) is 16.4 Å². The zero-order valence-electron chi connectivity index (χ0n) is 10.1. The lowest BCUT2D eigenvalue weighted by Crippen LogP contribution is -2.16. The van der Waals surface area contributed by atoms with Crippen LogP contribution in [0.25, 0.3) is 0 Å². The number of rotatable bonds is 3. The van der Waals surface area contributed by atoms with Crippen molar-refractivity contribution in [2.75, 3.05) is 5.32 Å². The normalized spacial score (nSPS) is 10.1. The van der Waals surface area contributed by atoms with E-state index < -0.39 is 11.7 Å². The van der Waals surface area contributed by atoms with Gasteiger partial charge in [0.15, 0.2) is 0 Å². The van der Waals surface area contributed by atoms with Crippen molar-refractivity contribution in [1.29, 1.82) is 0 Å². The third-order valence-corrected chi connectivity index (χ3v) is 2.93. The molecule has 3 N–H and O–H groups in total. The molecule has 2 rings (SSSR count). The van der Waals surface area contributed by atoms with Gasteiger partial charge in [0.1, 0.15) is 16.5 Å². The van der Waals surface area contributed by atoms with Crippen molar-refractivity contribution in [3.05, 3.63) is 58.6 Å². The molecule has 0 saturated carbocycles. The first kappa shape index (κ1) is 14.4. The zero-order valence-corrected chi connectivity index (χ0v) is 11.6. The number of hydrogen-bond acceptors (Lipinski definition) is 3. The van der Waals surface area contributed by atoms with Gasteiger partial charge in [-0.05, 0) is 30.3 Å². The van der Waals surface area contributed by atoms with E-state index in [1.807, 2.05) is 0 Å². The second-order valence-electron chi connectivity index (χ2n) is 3.87. The lowest BCUT2D eigenvalue weighted by atomic mass is 10.2. The van der Waals surface area contributed by atoms with Gasteiger partial charge in [0, 0.05) is 16.8 Å². The highest BCUT2D eigenvalue weighted by atomic mass is 35.5. The van der Waals surface area contributed by atoms with Crippen molar-refractivity contribution in [2.45, 2.75) is 0 Å². The molecule has 1 aromatic carbocycles. The molecule has 0 atom stereocenters. The minimum atomic E-state index is -0.581. The molecule has 1 aromatic heterocycles. The fraction of sp³-hybridized carbons (Fsp3) is 0. The Hall–Kier alpha value is -2.05. The number of anilines is 1. The highest BCUT2D eigenvalue weighted by Crippen LogP contribution is 2.20. The van der Waals surface area contributed by atoms with Gasteiger partial charge in [-0.3, -0.25) is 9.78 Å². The molecule has 0 aliphatic carbocycles. The Bertz CT molecular complexity index is 676. The number of thiocarbonyl (C=S) groups is 1. The Morgan fingerprint density at radius 2 is 2.10 bits per heavy atom. The predicted molar refractivity (Wildman–Crippen MR) is 79.5 cm³/mol.